The third-order valence-corrected chi connectivity index (χ3v) is 2.73. The zero-order valence-corrected chi connectivity index (χ0v) is 10.8. The van der Waals surface area contributed by atoms with Gasteiger partial charge in [0.15, 0.2) is 0 Å². The molecule has 2 aromatic rings. The number of hydrogen-bond acceptors (Lipinski definition) is 3. The Labute approximate surface area is 116 Å². The number of carbonyl (C=O) groups excluding carboxylic acids is 2. The second-order valence-electron chi connectivity index (χ2n) is 4.30. The molecular weight excluding hydrogens is 256 g/mol. The Kier molecular flexibility index (Phi) is 4.39. The maximum atomic E-state index is 11.8. The largest absolute Gasteiger partial charge is 0.399 e. The molecule has 0 radical (unpaired) electrons. The Morgan fingerprint density at radius 1 is 1.10 bits per heavy atom. The number of aromatic amines is 1. The van der Waals surface area contributed by atoms with Gasteiger partial charge in [0.1, 0.15) is 0 Å². The van der Waals surface area contributed by atoms with Crippen LogP contribution >= 0.6 is 0 Å². The van der Waals surface area contributed by atoms with Crippen LogP contribution in [0.3, 0.4) is 0 Å². The molecule has 5 N–H and O–H groups in total. The number of H-pyrrole nitrogens is 1. The highest BCUT2D eigenvalue weighted by molar-refractivity contribution is 5.96. The van der Waals surface area contributed by atoms with Crippen LogP contribution in [-0.4, -0.2) is 23.3 Å². The van der Waals surface area contributed by atoms with Gasteiger partial charge in [-0.2, -0.15) is 0 Å². The van der Waals surface area contributed by atoms with E-state index in [0.29, 0.717) is 17.8 Å². The fourth-order valence-corrected chi connectivity index (χ4v) is 1.63. The zero-order valence-electron chi connectivity index (χ0n) is 10.8. The molecule has 104 valence electrons. The molecule has 6 heteroatoms. The SMILES string of the molecule is Nc1ccc(C(=O)NCC(=O)NCc2cc[nH]c2)cc1. The van der Waals surface area contributed by atoms with Crippen LogP contribution in [-0.2, 0) is 11.3 Å². The van der Waals surface area contributed by atoms with Gasteiger partial charge in [0.25, 0.3) is 5.91 Å². The first kappa shape index (κ1) is 13.7. The molecule has 2 rings (SSSR count). The van der Waals surface area contributed by atoms with Crippen LogP contribution in [0.25, 0.3) is 0 Å². The number of carbonyl (C=O) groups is 2. The average Bonchev–Trinajstić information content (AvgIpc) is 2.96. The Balaban J connectivity index is 1.75. The zero-order chi connectivity index (χ0) is 14.4. The minimum Gasteiger partial charge on any atom is -0.399 e. The lowest BCUT2D eigenvalue weighted by Gasteiger charge is -2.06. The van der Waals surface area contributed by atoms with E-state index in [1.165, 1.54) is 0 Å². The van der Waals surface area contributed by atoms with Crippen molar-refractivity contribution in [3.63, 3.8) is 0 Å². The van der Waals surface area contributed by atoms with Crippen molar-refractivity contribution < 1.29 is 9.59 Å². The van der Waals surface area contributed by atoms with E-state index < -0.39 is 0 Å². The summed E-state index contributed by atoms with van der Waals surface area (Å²) in [6, 6.07) is 8.37. The lowest BCUT2D eigenvalue weighted by molar-refractivity contribution is -0.120. The Bertz CT molecular complexity index is 576. The van der Waals surface area contributed by atoms with Crippen molar-refractivity contribution in [2.45, 2.75) is 6.54 Å². The summed E-state index contributed by atoms with van der Waals surface area (Å²) in [5.41, 5.74) is 7.57. The number of benzene rings is 1. The van der Waals surface area contributed by atoms with Crippen LogP contribution in [0.5, 0.6) is 0 Å². The summed E-state index contributed by atoms with van der Waals surface area (Å²) in [5, 5.41) is 5.26. The lowest BCUT2D eigenvalue weighted by atomic mass is 10.2. The van der Waals surface area contributed by atoms with Gasteiger partial charge in [0, 0.05) is 30.2 Å². The second kappa shape index (κ2) is 6.42. The van der Waals surface area contributed by atoms with Crippen molar-refractivity contribution >= 4 is 17.5 Å². The average molecular weight is 272 g/mol. The summed E-state index contributed by atoms with van der Waals surface area (Å²) in [6.45, 7) is 0.369. The Morgan fingerprint density at radius 3 is 2.50 bits per heavy atom. The fraction of sp³-hybridized carbons (Fsp3) is 0.143. The first-order chi connectivity index (χ1) is 9.65. The third-order valence-electron chi connectivity index (χ3n) is 2.73. The van der Waals surface area contributed by atoms with Crippen molar-refractivity contribution in [1.29, 1.82) is 0 Å². The summed E-state index contributed by atoms with van der Waals surface area (Å²) in [4.78, 5) is 26.2. The van der Waals surface area contributed by atoms with Crippen molar-refractivity contribution in [2.24, 2.45) is 0 Å². The molecule has 0 atom stereocenters. The summed E-state index contributed by atoms with van der Waals surface area (Å²) in [7, 11) is 0. The van der Waals surface area contributed by atoms with E-state index >= 15 is 0 Å². The molecule has 0 aliphatic rings. The highest BCUT2D eigenvalue weighted by Gasteiger charge is 2.07. The van der Waals surface area contributed by atoms with E-state index in [-0.39, 0.29) is 18.4 Å². The van der Waals surface area contributed by atoms with Gasteiger partial charge in [-0.15, -0.1) is 0 Å². The van der Waals surface area contributed by atoms with Crippen LogP contribution in [0.15, 0.2) is 42.7 Å². The quantitative estimate of drug-likeness (QED) is 0.601. The van der Waals surface area contributed by atoms with Crippen LogP contribution in [0, 0.1) is 0 Å². The van der Waals surface area contributed by atoms with Gasteiger partial charge < -0.3 is 21.4 Å². The van der Waals surface area contributed by atoms with E-state index in [1.54, 1.807) is 36.7 Å². The smallest absolute Gasteiger partial charge is 0.251 e. The molecule has 0 unspecified atom stereocenters. The van der Waals surface area contributed by atoms with Gasteiger partial charge in [-0.1, -0.05) is 0 Å². The third kappa shape index (κ3) is 3.88. The number of nitrogens with two attached hydrogens (primary N) is 1. The van der Waals surface area contributed by atoms with Crippen molar-refractivity contribution in [1.82, 2.24) is 15.6 Å². The van der Waals surface area contributed by atoms with E-state index in [9.17, 15) is 9.59 Å². The van der Waals surface area contributed by atoms with Gasteiger partial charge in [-0.05, 0) is 35.9 Å². The molecule has 0 saturated heterocycles. The normalized spacial score (nSPS) is 10.0. The molecule has 0 fully saturated rings. The van der Waals surface area contributed by atoms with Crippen molar-refractivity contribution in [3.8, 4) is 0 Å². The minimum atomic E-state index is -0.304. The number of anilines is 1. The number of aromatic nitrogens is 1. The number of nitrogens with one attached hydrogen (secondary N) is 3. The van der Waals surface area contributed by atoms with E-state index in [4.69, 9.17) is 5.73 Å². The molecule has 6 nitrogen and oxygen atoms in total. The first-order valence-corrected chi connectivity index (χ1v) is 6.17. The lowest BCUT2D eigenvalue weighted by Crippen LogP contribution is -2.36. The molecule has 1 aromatic heterocycles. The molecule has 0 aliphatic carbocycles. The summed E-state index contributed by atoms with van der Waals surface area (Å²) < 4.78 is 0. The van der Waals surface area contributed by atoms with Gasteiger partial charge in [-0.3, -0.25) is 9.59 Å². The standard InChI is InChI=1S/C14H16N4O2/c15-12-3-1-11(2-4-12)14(20)18-9-13(19)17-8-10-5-6-16-7-10/h1-7,16H,8-9,15H2,(H,17,19)(H,18,20). The first-order valence-electron chi connectivity index (χ1n) is 6.17. The molecular formula is C14H16N4O2. The molecule has 1 heterocycles. The van der Waals surface area contributed by atoms with Crippen LogP contribution in [0.4, 0.5) is 5.69 Å². The van der Waals surface area contributed by atoms with Gasteiger partial charge >= 0.3 is 0 Å². The molecule has 2 amide bonds. The van der Waals surface area contributed by atoms with Crippen LogP contribution < -0.4 is 16.4 Å². The molecule has 0 saturated carbocycles. The summed E-state index contributed by atoms with van der Waals surface area (Å²) >= 11 is 0. The molecule has 0 spiro atoms. The number of nitrogen functional groups attached to an aromatic ring is 1. The van der Waals surface area contributed by atoms with Gasteiger partial charge in [-0.25, -0.2) is 0 Å². The fourth-order valence-electron chi connectivity index (χ4n) is 1.63. The van der Waals surface area contributed by atoms with Gasteiger partial charge in [0.05, 0.1) is 6.54 Å². The van der Waals surface area contributed by atoms with Gasteiger partial charge in [0.2, 0.25) is 5.91 Å². The summed E-state index contributed by atoms with van der Waals surface area (Å²) in [5.74, 6) is -0.545. The highest BCUT2D eigenvalue weighted by atomic mass is 16.2. The predicted octanol–water partition coefficient (Wildman–Crippen LogP) is 0.643. The van der Waals surface area contributed by atoms with Crippen molar-refractivity contribution in [3.05, 3.63) is 53.9 Å². The van der Waals surface area contributed by atoms with E-state index in [0.717, 1.165) is 5.56 Å². The Hall–Kier alpha value is -2.76. The van der Waals surface area contributed by atoms with Crippen LogP contribution in [0.2, 0.25) is 0 Å². The second-order valence-corrected chi connectivity index (χ2v) is 4.30. The Morgan fingerprint density at radius 2 is 1.85 bits per heavy atom. The maximum Gasteiger partial charge on any atom is 0.251 e. The summed E-state index contributed by atoms with van der Waals surface area (Å²) in [6.07, 6.45) is 3.58. The van der Waals surface area contributed by atoms with E-state index in [2.05, 4.69) is 15.6 Å². The molecule has 20 heavy (non-hydrogen) atoms. The number of rotatable bonds is 5. The van der Waals surface area contributed by atoms with Crippen LogP contribution in [0.1, 0.15) is 15.9 Å². The molecule has 0 aliphatic heterocycles. The minimum absolute atomic E-state index is 0.0619. The maximum absolute atomic E-state index is 11.8. The molecule has 0 bridgehead atoms. The topological polar surface area (TPSA) is 100 Å². The monoisotopic (exact) mass is 272 g/mol. The molecule has 1 aromatic carbocycles. The number of hydrogen-bond donors (Lipinski definition) is 4. The van der Waals surface area contributed by atoms with E-state index in [1.807, 2.05) is 6.07 Å². The predicted molar refractivity (Wildman–Crippen MR) is 75.8 cm³/mol. The van der Waals surface area contributed by atoms with Crippen molar-refractivity contribution in [2.75, 3.05) is 12.3 Å². The highest BCUT2D eigenvalue weighted by Crippen LogP contribution is 2.04. The number of amides is 2.